The highest BCUT2D eigenvalue weighted by Gasteiger charge is 2.57. The Kier molecular flexibility index (Phi) is 4.74. The summed E-state index contributed by atoms with van der Waals surface area (Å²) in [6.07, 6.45) is 3.75. The summed E-state index contributed by atoms with van der Waals surface area (Å²) in [7, 11) is 0. The van der Waals surface area contributed by atoms with Gasteiger partial charge in [-0.05, 0) is 25.7 Å². The minimum atomic E-state index is -1.09. The van der Waals surface area contributed by atoms with Gasteiger partial charge < -0.3 is 14.2 Å². The topological polar surface area (TPSA) is 44.8 Å². The van der Waals surface area contributed by atoms with Gasteiger partial charge in [0.25, 0.3) is 0 Å². The largest absolute Gasteiger partial charge is 0.462 e. The van der Waals surface area contributed by atoms with Gasteiger partial charge in [-0.1, -0.05) is 19.8 Å². The molecule has 3 aliphatic rings. The highest BCUT2D eigenvalue weighted by molar-refractivity contribution is 5.72. The molecule has 0 aromatic carbocycles. The molecule has 5 heteroatoms. The van der Waals surface area contributed by atoms with E-state index < -0.39 is 12.0 Å². The monoisotopic (exact) mass is 314 g/mol. The molecule has 3 rings (SSSR count). The molecule has 0 spiro atoms. The Morgan fingerprint density at radius 2 is 2.18 bits per heavy atom. The molecule has 1 saturated carbocycles. The molecule has 0 radical (unpaired) electrons. The van der Waals surface area contributed by atoms with Gasteiger partial charge in [-0.25, -0.2) is 4.39 Å². The molecule has 2 aliphatic heterocycles. The van der Waals surface area contributed by atoms with Crippen LogP contribution in [0.2, 0.25) is 0 Å². The van der Waals surface area contributed by atoms with Crippen LogP contribution in [0.25, 0.3) is 0 Å². The van der Waals surface area contributed by atoms with Crippen LogP contribution in [0.5, 0.6) is 0 Å². The van der Waals surface area contributed by atoms with E-state index in [-0.39, 0.29) is 24.1 Å². The lowest BCUT2D eigenvalue weighted by Gasteiger charge is -2.44. The molecule has 0 aromatic heterocycles. The van der Waals surface area contributed by atoms with Crippen molar-refractivity contribution in [3.63, 3.8) is 0 Å². The molecule has 126 valence electrons. The van der Waals surface area contributed by atoms with Gasteiger partial charge in [0.1, 0.15) is 6.10 Å². The average Bonchev–Trinajstić information content (AvgIpc) is 3.00. The van der Waals surface area contributed by atoms with E-state index >= 15 is 0 Å². The Bertz CT molecular complexity index is 415. The van der Waals surface area contributed by atoms with Crippen molar-refractivity contribution in [3.8, 4) is 0 Å². The SMILES string of the molecule is CCCCC(F)C1(OCC)CC[C@@H]2[C@H]3CC(=O)O[C@H]3C[C@H]2O1. The highest BCUT2D eigenvalue weighted by atomic mass is 19.1. The maximum absolute atomic E-state index is 14.8. The van der Waals surface area contributed by atoms with Crippen molar-refractivity contribution in [2.45, 2.75) is 83.0 Å². The van der Waals surface area contributed by atoms with Gasteiger partial charge in [0.15, 0.2) is 12.0 Å². The molecule has 0 amide bonds. The Hall–Kier alpha value is -0.680. The van der Waals surface area contributed by atoms with Crippen LogP contribution < -0.4 is 0 Å². The zero-order valence-electron chi connectivity index (χ0n) is 13.6. The van der Waals surface area contributed by atoms with E-state index in [1.54, 1.807) is 0 Å². The maximum Gasteiger partial charge on any atom is 0.306 e. The first-order chi connectivity index (χ1) is 10.6. The summed E-state index contributed by atoms with van der Waals surface area (Å²) in [5.74, 6) is -0.621. The first-order valence-electron chi connectivity index (χ1n) is 8.75. The van der Waals surface area contributed by atoms with Crippen molar-refractivity contribution in [2.75, 3.05) is 6.61 Å². The van der Waals surface area contributed by atoms with E-state index in [2.05, 4.69) is 6.92 Å². The minimum absolute atomic E-state index is 0.0337. The summed E-state index contributed by atoms with van der Waals surface area (Å²) < 4.78 is 32.1. The van der Waals surface area contributed by atoms with Crippen LogP contribution in [0, 0.1) is 11.8 Å². The number of halogens is 1. The molecule has 22 heavy (non-hydrogen) atoms. The lowest BCUT2D eigenvalue weighted by molar-refractivity contribution is -0.315. The summed E-state index contributed by atoms with van der Waals surface area (Å²) in [6.45, 7) is 4.39. The van der Waals surface area contributed by atoms with Gasteiger partial charge in [0.2, 0.25) is 0 Å². The average molecular weight is 314 g/mol. The molecule has 0 aromatic rings. The first-order valence-corrected chi connectivity index (χ1v) is 8.75. The lowest BCUT2D eigenvalue weighted by Crippen LogP contribution is -2.52. The van der Waals surface area contributed by atoms with Crippen LogP contribution in [-0.2, 0) is 19.0 Å². The molecule has 1 aliphatic carbocycles. The standard InChI is InChI=1S/C17H27FO4/c1-3-5-6-15(18)17(20-4-2)8-7-11-12-9-16(19)21-13(12)10-14(11)22-17/h11-15H,3-10H2,1-2H3/t11-,12-,13+,14-,15?,17?/m1/s1. The van der Waals surface area contributed by atoms with Gasteiger partial charge in [-0.3, -0.25) is 4.79 Å². The molecule has 2 unspecified atom stereocenters. The number of unbranched alkanes of at least 4 members (excludes halogenated alkanes) is 1. The second-order valence-corrected chi connectivity index (χ2v) is 6.85. The third-order valence-corrected chi connectivity index (χ3v) is 5.51. The number of hydrogen-bond donors (Lipinski definition) is 0. The molecule has 2 heterocycles. The second kappa shape index (κ2) is 6.44. The van der Waals surface area contributed by atoms with Gasteiger partial charge in [0.05, 0.1) is 12.5 Å². The molecule has 0 bridgehead atoms. The van der Waals surface area contributed by atoms with E-state index in [4.69, 9.17) is 14.2 Å². The molecular formula is C17H27FO4. The summed E-state index contributed by atoms with van der Waals surface area (Å²) in [4.78, 5) is 11.4. The zero-order valence-corrected chi connectivity index (χ0v) is 13.6. The van der Waals surface area contributed by atoms with Crippen LogP contribution in [0.3, 0.4) is 0 Å². The lowest BCUT2D eigenvalue weighted by atomic mass is 9.83. The van der Waals surface area contributed by atoms with E-state index in [0.717, 1.165) is 19.3 Å². The van der Waals surface area contributed by atoms with Crippen molar-refractivity contribution >= 4 is 5.97 Å². The molecule has 6 atom stereocenters. The second-order valence-electron chi connectivity index (χ2n) is 6.85. The Morgan fingerprint density at radius 1 is 1.36 bits per heavy atom. The van der Waals surface area contributed by atoms with Crippen LogP contribution >= 0.6 is 0 Å². The van der Waals surface area contributed by atoms with E-state index in [1.165, 1.54) is 0 Å². The van der Waals surface area contributed by atoms with E-state index in [9.17, 15) is 9.18 Å². The number of carbonyl (C=O) groups is 1. The number of ether oxygens (including phenoxy) is 3. The third kappa shape index (κ3) is 2.78. The zero-order chi connectivity index (χ0) is 15.7. The Balaban J connectivity index is 1.69. The van der Waals surface area contributed by atoms with Crippen molar-refractivity contribution in [1.82, 2.24) is 0 Å². The predicted octanol–water partition coefficient (Wildman–Crippen LogP) is 3.38. The van der Waals surface area contributed by atoms with Crippen molar-refractivity contribution in [1.29, 1.82) is 0 Å². The molecule has 4 nitrogen and oxygen atoms in total. The van der Waals surface area contributed by atoms with Gasteiger partial charge in [-0.15, -0.1) is 0 Å². The number of carbonyl (C=O) groups excluding carboxylic acids is 1. The summed E-state index contributed by atoms with van der Waals surface area (Å²) in [5.41, 5.74) is 0. The van der Waals surface area contributed by atoms with Crippen LogP contribution in [0.1, 0.15) is 58.8 Å². The molecule has 0 N–H and O–H groups in total. The molecule has 2 saturated heterocycles. The van der Waals surface area contributed by atoms with Crippen molar-refractivity contribution in [3.05, 3.63) is 0 Å². The van der Waals surface area contributed by atoms with Gasteiger partial charge >= 0.3 is 5.97 Å². The summed E-state index contributed by atoms with van der Waals surface area (Å²) in [6, 6.07) is 0. The number of fused-ring (bicyclic) bond motifs is 3. The number of rotatable bonds is 6. The maximum atomic E-state index is 14.8. The van der Waals surface area contributed by atoms with Crippen LogP contribution in [0.4, 0.5) is 4.39 Å². The first kappa shape index (κ1) is 16.2. The van der Waals surface area contributed by atoms with Gasteiger partial charge in [-0.2, -0.15) is 0 Å². The van der Waals surface area contributed by atoms with Crippen molar-refractivity contribution < 1.29 is 23.4 Å². The summed E-state index contributed by atoms with van der Waals surface area (Å²) in [5, 5.41) is 0. The molecular weight excluding hydrogens is 287 g/mol. The highest BCUT2D eigenvalue weighted by Crippen LogP contribution is 2.51. The Morgan fingerprint density at radius 3 is 2.91 bits per heavy atom. The number of hydrogen-bond acceptors (Lipinski definition) is 4. The van der Waals surface area contributed by atoms with Gasteiger partial charge in [0, 0.05) is 25.4 Å². The van der Waals surface area contributed by atoms with E-state index in [0.29, 0.717) is 38.2 Å². The fourth-order valence-electron chi connectivity index (χ4n) is 4.45. The third-order valence-electron chi connectivity index (χ3n) is 5.51. The minimum Gasteiger partial charge on any atom is -0.462 e. The van der Waals surface area contributed by atoms with Crippen LogP contribution in [0.15, 0.2) is 0 Å². The quantitative estimate of drug-likeness (QED) is 0.705. The van der Waals surface area contributed by atoms with Crippen molar-refractivity contribution in [2.24, 2.45) is 11.8 Å². The Labute approximate surface area is 131 Å². The van der Waals surface area contributed by atoms with Crippen LogP contribution in [-0.4, -0.2) is 36.7 Å². The summed E-state index contributed by atoms with van der Waals surface area (Å²) >= 11 is 0. The fourth-order valence-corrected chi connectivity index (χ4v) is 4.45. The number of esters is 1. The van der Waals surface area contributed by atoms with E-state index in [1.807, 2.05) is 6.92 Å². The molecule has 3 fully saturated rings. The predicted molar refractivity (Wildman–Crippen MR) is 79.0 cm³/mol. The normalized spacial score (nSPS) is 41.9. The fraction of sp³-hybridized carbons (Fsp3) is 0.941. The number of alkyl halides is 1. The smallest absolute Gasteiger partial charge is 0.306 e.